The Morgan fingerprint density at radius 2 is 2.20 bits per heavy atom. The highest BCUT2D eigenvalue weighted by Crippen LogP contribution is 2.12. The maximum Gasteiger partial charge on any atom is 0.246 e. The number of guanidine groups is 1. The molecule has 8 heteroatoms. The van der Waals surface area contributed by atoms with Gasteiger partial charge in [-0.3, -0.25) is 4.99 Å². The van der Waals surface area contributed by atoms with Crippen LogP contribution in [0.15, 0.2) is 15.7 Å². The van der Waals surface area contributed by atoms with E-state index in [0.717, 1.165) is 11.4 Å². The maximum absolute atomic E-state index is 5.02. The Balaban J connectivity index is 1.80. The maximum atomic E-state index is 5.02. The fourth-order valence-corrected chi connectivity index (χ4v) is 2.35. The van der Waals surface area contributed by atoms with Crippen LogP contribution in [0.1, 0.15) is 28.5 Å². The molecule has 2 aromatic rings. The van der Waals surface area contributed by atoms with Gasteiger partial charge in [0.15, 0.2) is 11.8 Å². The number of rotatable bonds is 5. The molecule has 0 atom stereocenters. The summed E-state index contributed by atoms with van der Waals surface area (Å²) >= 11 is 1.71. The van der Waals surface area contributed by atoms with Crippen molar-refractivity contribution in [3.05, 3.63) is 27.8 Å². The monoisotopic (exact) mass is 294 g/mol. The summed E-state index contributed by atoms with van der Waals surface area (Å²) in [6.45, 7) is 5.00. The number of nitrogens with one attached hydrogen (secondary N) is 2. The van der Waals surface area contributed by atoms with Gasteiger partial charge in [-0.1, -0.05) is 12.1 Å². The van der Waals surface area contributed by atoms with Crippen molar-refractivity contribution in [2.24, 2.45) is 4.99 Å². The first-order valence-electron chi connectivity index (χ1n) is 6.38. The summed E-state index contributed by atoms with van der Waals surface area (Å²) in [5.41, 5.74) is 0. The number of aliphatic imine (C=N–C) groups is 1. The molecule has 0 aromatic carbocycles. The standard InChI is InChI=1S/C12H18N6OS/c1-4-9-5-14-11(20-9)7-16-12(13-3)15-6-10-17-8(2)18-19-10/h5H,4,6-7H2,1-3H3,(H2,13,15,16). The summed E-state index contributed by atoms with van der Waals surface area (Å²) in [6.07, 6.45) is 2.93. The Hall–Kier alpha value is -1.96. The van der Waals surface area contributed by atoms with Crippen LogP contribution in [0.3, 0.4) is 0 Å². The average Bonchev–Trinajstić information content (AvgIpc) is 3.08. The molecule has 0 unspecified atom stereocenters. The van der Waals surface area contributed by atoms with Crippen molar-refractivity contribution >= 4 is 17.3 Å². The van der Waals surface area contributed by atoms with Crippen LogP contribution in [0.2, 0.25) is 0 Å². The van der Waals surface area contributed by atoms with Gasteiger partial charge in [-0.25, -0.2) is 4.98 Å². The third-order valence-corrected chi connectivity index (χ3v) is 3.70. The van der Waals surface area contributed by atoms with Crippen molar-refractivity contribution in [2.75, 3.05) is 7.05 Å². The third-order valence-electron chi connectivity index (χ3n) is 2.56. The molecule has 0 amide bonds. The predicted molar refractivity (Wildman–Crippen MR) is 77.6 cm³/mol. The third kappa shape index (κ3) is 4.02. The Morgan fingerprint density at radius 1 is 1.40 bits per heavy atom. The number of aryl methyl sites for hydroxylation is 2. The second kappa shape index (κ2) is 6.99. The van der Waals surface area contributed by atoms with Crippen LogP contribution in [-0.2, 0) is 19.5 Å². The van der Waals surface area contributed by atoms with E-state index in [2.05, 4.69) is 37.7 Å². The van der Waals surface area contributed by atoms with E-state index in [9.17, 15) is 0 Å². The van der Waals surface area contributed by atoms with Crippen molar-refractivity contribution in [3.63, 3.8) is 0 Å². The zero-order chi connectivity index (χ0) is 14.4. The van der Waals surface area contributed by atoms with Gasteiger partial charge in [0.25, 0.3) is 0 Å². The minimum Gasteiger partial charge on any atom is -0.350 e. The molecule has 0 saturated carbocycles. The van der Waals surface area contributed by atoms with E-state index in [0.29, 0.717) is 30.8 Å². The molecule has 2 rings (SSSR count). The highest BCUT2D eigenvalue weighted by Gasteiger charge is 2.05. The van der Waals surface area contributed by atoms with Gasteiger partial charge in [0.2, 0.25) is 5.89 Å². The van der Waals surface area contributed by atoms with E-state index in [-0.39, 0.29) is 0 Å². The highest BCUT2D eigenvalue weighted by molar-refractivity contribution is 7.11. The molecular formula is C12H18N6OS. The van der Waals surface area contributed by atoms with E-state index < -0.39 is 0 Å². The molecule has 2 N–H and O–H groups in total. The Morgan fingerprint density at radius 3 is 2.80 bits per heavy atom. The molecule has 0 aliphatic heterocycles. The van der Waals surface area contributed by atoms with Gasteiger partial charge in [0, 0.05) is 18.1 Å². The molecule has 7 nitrogen and oxygen atoms in total. The molecule has 0 radical (unpaired) electrons. The fraction of sp³-hybridized carbons (Fsp3) is 0.500. The fourth-order valence-electron chi connectivity index (χ4n) is 1.54. The second-order valence-electron chi connectivity index (χ2n) is 4.09. The topological polar surface area (TPSA) is 88.2 Å². The summed E-state index contributed by atoms with van der Waals surface area (Å²) < 4.78 is 5.02. The zero-order valence-electron chi connectivity index (χ0n) is 11.8. The Bertz CT molecular complexity index is 576. The van der Waals surface area contributed by atoms with Gasteiger partial charge in [-0.2, -0.15) is 4.98 Å². The summed E-state index contributed by atoms with van der Waals surface area (Å²) in [7, 11) is 1.72. The molecule has 0 bridgehead atoms. The largest absolute Gasteiger partial charge is 0.350 e. The quantitative estimate of drug-likeness (QED) is 0.637. The SMILES string of the molecule is CCc1cnc(CNC(=NC)NCc2nc(C)no2)s1. The minimum absolute atomic E-state index is 0.443. The normalized spacial score (nSPS) is 11.7. The number of thiazole rings is 1. The smallest absolute Gasteiger partial charge is 0.246 e. The number of aromatic nitrogens is 3. The van der Waals surface area contributed by atoms with Gasteiger partial charge in [-0.15, -0.1) is 11.3 Å². The average molecular weight is 294 g/mol. The summed E-state index contributed by atoms with van der Waals surface area (Å²) in [6, 6.07) is 0. The molecule has 2 aromatic heterocycles. The van der Waals surface area contributed by atoms with Gasteiger partial charge in [0.05, 0.1) is 13.1 Å². The lowest BCUT2D eigenvalue weighted by Crippen LogP contribution is -2.36. The van der Waals surface area contributed by atoms with Crippen LogP contribution in [0, 0.1) is 6.92 Å². The zero-order valence-corrected chi connectivity index (χ0v) is 12.6. The van der Waals surface area contributed by atoms with Crippen molar-refractivity contribution in [1.29, 1.82) is 0 Å². The summed E-state index contributed by atoms with van der Waals surface area (Å²) in [4.78, 5) is 13.9. The van der Waals surface area contributed by atoms with Crippen molar-refractivity contribution in [3.8, 4) is 0 Å². The van der Waals surface area contributed by atoms with Gasteiger partial charge >= 0.3 is 0 Å². The first-order chi connectivity index (χ1) is 9.71. The Labute approximate surface area is 121 Å². The van der Waals surface area contributed by atoms with Crippen LogP contribution in [-0.4, -0.2) is 28.1 Å². The summed E-state index contributed by atoms with van der Waals surface area (Å²) in [5.74, 6) is 1.83. The van der Waals surface area contributed by atoms with E-state index in [1.54, 1.807) is 25.3 Å². The second-order valence-corrected chi connectivity index (χ2v) is 5.29. The van der Waals surface area contributed by atoms with Crippen molar-refractivity contribution in [1.82, 2.24) is 25.8 Å². The molecular weight excluding hydrogens is 276 g/mol. The van der Waals surface area contributed by atoms with E-state index in [4.69, 9.17) is 4.52 Å². The first-order valence-corrected chi connectivity index (χ1v) is 7.20. The van der Waals surface area contributed by atoms with E-state index >= 15 is 0 Å². The molecule has 0 spiro atoms. The van der Waals surface area contributed by atoms with Gasteiger partial charge < -0.3 is 15.2 Å². The van der Waals surface area contributed by atoms with Crippen LogP contribution in [0.4, 0.5) is 0 Å². The Kier molecular flexibility index (Phi) is 5.05. The molecule has 20 heavy (non-hydrogen) atoms. The van der Waals surface area contributed by atoms with E-state index in [1.165, 1.54) is 4.88 Å². The van der Waals surface area contributed by atoms with Crippen LogP contribution < -0.4 is 10.6 Å². The number of hydrogen-bond donors (Lipinski definition) is 2. The minimum atomic E-state index is 0.443. The number of nitrogens with zero attached hydrogens (tertiary/aromatic N) is 4. The molecule has 108 valence electrons. The van der Waals surface area contributed by atoms with Crippen molar-refractivity contribution in [2.45, 2.75) is 33.4 Å². The first kappa shape index (κ1) is 14.4. The molecule has 2 heterocycles. The predicted octanol–water partition coefficient (Wildman–Crippen LogP) is 1.26. The van der Waals surface area contributed by atoms with Gasteiger partial charge in [-0.05, 0) is 13.3 Å². The van der Waals surface area contributed by atoms with Crippen molar-refractivity contribution < 1.29 is 4.52 Å². The van der Waals surface area contributed by atoms with E-state index in [1.807, 2.05) is 6.20 Å². The molecule has 0 saturated heterocycles. The molecule has 0 fully saturated rings. The van der Waals surface area contributed by atoms with Crippen LogP contribution in [0.25, 0.3) is 0 Å². The molecule has 0 aliphatic rings. The lowest BCUT2D eigenvalue weighted by atomic mass is 10.4. The molecule has 0 aliphatic carbocycles. The summed E-state index contributed by atoms with van der Waals surface area (Å²) in [5, 5.41) is 11.1. The number of hydrogen-bond acceptors (Lipinski definition) is 6. The van der Waals surface area contributed by atoms with Gasteiger partial charge in [0.1, 0.15) is 5.01 Å². The lowest BCUT2D eigenvalue weighted by Gasteiger charge is -2.08. The van der Waals surface area contributed by atoms with Crippen LogP contribution >= 0.6 is 11.3 Å². The van der Waals surface area contributed by atoms with Crippen LogP contribution in [0.5, 0.6) is 0 Å². The lowest BCUT2D eigenvalue weighted by molar-refractivity contribution is 0.371. The highest BCUT2D eigenvalue weighted by atomic mass is 32.1.